The molecule has 6 nitrogen and oxygen atoms in total. The highest BCUT2D eigenvalue weighted by atomic mass is 32.2. The second-order valence-corrected chi connectivity index (χ2v) is 7.67. The van der Waals surface area contributed by atoms with E-state index in [0.717, 1.165) is 25.9 Å². The SMILES string of the molecule is COc1ccc(S(=O)(=O)N(C)CCC2CCCCO2)cc1OC. The van der Waals surface area contributed by atoms with Gasteiger partial charge >= 0.3 is 0 Å². The van der Waals surface area contributed by atoms with Crippen molar-refractivity contribution in [3.8, 4) is 11.5 Å². The maximum Gasteiger partial charge on any atom is 0.242 e. The number of nitrogens with zero attached hydrogens (tertiary/aromatic N) is 1. The predicted molar refractivity (Wildman–Crippen MR) is 87.6 cm³/mol. The van der Waals surface area contributed by atoms with Gasteiger partial charge in [-0.05, 0) is 37.8 Å². The van der Waals surface area contributed by atoms with Crippen molar-refractivity contribution in [3.05, 3.63) is 18.2 Å². The smallest absolute Gasteiger partial charge is 0.242 e. The van der Waals surface area contributed by atoms with E-state index in [1.165, 1.54) is 30.7 Å². The summed E-state index contributed by atoms with van der Waals surface area (Å²) in [5, 5.41) is 0. The summed E-state index contributed by atoms with van der Waals surface area (Å²) in [6.45, 7) is 1.21. The van der Waals surface area contributed by atoms with Crippen LogP contribution in [-0.4, -0.2) is 53.2 Å². The van der Waals surface area contributed by atoms with Crippen LogP contribution in [0.4, 0.5) is 0 Å². The van der Waals surface area contributed by atoms with Crippen molar-refractivity contribution >= 4 is 10.0 Å². The maximum atomic E-state index is 12.7. The Bertz CT molecular complexity index is 611. The van der Waals surface area contributed by atoms with Crippen molar-refractivity contribution in [2.75, 3.05) is 34.4 Å². The molecule has 1 atom stereocenters. The molecule has 7 heteroatoms. The van der Waals surface area contributed by atoms with Crippen LogP contribution >= 0.6 is 0 Å². The van der Waals surface area contributed by atoms with E-state index in [4.69, 9.17) is 14.2 Å². The van der Waals surface area contributed by atoms with Gasteiger partial charge in [-0.15, -0.1) is 0 Å². The third-order valence-corrected chi connectivity index (χ3v) is 5.96. The first-order chi connectivity index (χ1) is 11.0. The standard InChI is InChI=1S/C16H25NO5S/c1-17(10-9-13-6-4-5-11-22-13)23(18,19)14-7-8-15(20-2)16(12-14)21-3/h7-8,12-13H,4-6,9-11H2,1-3H3. The molecular weight excluding hydrogens is 318 g/mol. The topological polar surface area (TPSA) is 65.1 Å². The Labute approximate surface area is 138 Å². The lowest BCUT2D eigenvalue weighted by atomic mass is 10.1. The fourth-order valence-electron chi connectivity index (χ4n) is 2.64. The molecule has 1 aromatic carbocycles. The zero-order valence-corrected chi connectivity index (χ0v) is 14.8. The Hall–Kier alpha value is -1.31. The van der Waals surface area contributed by atoms with Crippen molar-refractivity contribution < 1.29 is 22.6 Å². The molecule has 130 valence electrons. The van der Waals surface area contributed by atoms with E-state index in [-0.39, 0.29) is 11.0 Å². The van der Waals surface area contributed by atoms with Crippen molar-refractivity contribution in [1.82, 2.24) is 4.31 Å². The largest absolute Gasteiger partial charge is 0.493 e. The Morgan fingerprint density at radius 3 is 2.57 bits per heavy atom. The number of benzene rings is 1. The molecule has 23 heavy (non-hydrogen) atoms. The van der Waals surface area contributed by atoms with Crippen molar-refractivity contribution in [2.45, 2.75) is 36.7 Å². The monoisotopic (exact) mass is 343 g/mol. The van der Waals surface area contributed by atoms with Gasteiger partial charge in [0.1, 0.15) is 0 Å². The van der Waals surface area contributed by atoms with Gasteiger partial charge in [0.05, 0.1) is 25.2 Å². The minimum atomic E-state index is -3.56. The molecule has 0 bridgehead atoms. The van der Waals surface area contributed by atoms with Crippen LogP contribution < -0.4 is 9.47 Å². The lowest BCUT2D eigenvalue weighted by molar-refractivity contribution is 0.00950. The molecular formula is C16H25NO5S. The molecule has 0 radical (unpaired) electrons. The number of hydrogen-bond donors (Lipinski definition) is 0. The third kappa shape index (κ3) is 4.37. The normalized spacial score (nSPS) is 18.9. The first kappa shape index (κ1) is 18.0. The quantitative estimate of drug-likeness (QED) is 0.760. The summed E-state index contributed by atoms with van der Waals surface area (Å²) in [4.78, 5) is 0.196. The fraction of sp³-hybridized carbons (Fsp3) is 0.625. The molecule has 2 rings (SSSR count). The highest BCUT2D eigenvalue weighted by Gasteiger charge is 2.24. The molecule has 0 spiro atoms. The van der Waals surface area contributed by atoms with E-state index < -0.39 is 10.0 Å². The van der Waals surface area contributed by atoms with Crippen LogP contribution in [0, 0.1) is 0 Å². The van der Waals surface area contributed by atoms with Gasteiger partial charge in [-0.3, -0.25) is 0 Å². The van der Waals surface area contributed by atoms with E-state index in [1.807, 2.05) is 0 Å². The van der Waals surface area contributed by atoms with Gasteiger partial charge in [0.25, 0.3) is 0 Å². The van der Waals surface area contributed by atoms with Gasteiger partial charge in [-0.2, -0.15) is 0 Å². The number of rotatable bonds is 7. The van der Waals surface area contributed by atoms with Crippen molar-refractivity contribution in [2.24, 2.45) is 0 Å². The number of sulfonamides is 1. The molecule has 0 saturated carbocycles. The van der Waals surface area contributed by atoms with Crippen molar-refractivity contribution in [3.63, 3.8) is 0 Å². The third-order valence-electron chi connectivity index (χ3n) is 4.10. The minimum absolute atomic E-state index is 0.159. The Morgan fingerprint density at radius 2 is 1.96 bits per heavy atom. The first-order valence-corrected chi connectivity index (χ1v) is 9.23. The molecule has 0 aliphatic carbocycles. The maximum absolute atomic E-state index is 12.7. The summed E-state index contributed by atoms with van der Waals surface area (Å²) in [6.07, 6.45) is 4.12. The van der Waals surface area contributed by atoms with Crippen LogP contribution in [0.1, 0.15) is 25.7 Å². The molecule has 0 aromatic heterocycles. The van der Waals surface area contributed by atoms with Gasteiger partial charge in [0.15, 0.2) is 11.5 Å². The molecule has 0 amide bonds. The van der Waals surface area contributed by atoms with Crippen LogP contribution in [0.5, 0.6) is 11.5 Å². The molecule has 1 aromatic rings. The Kier molecular flexibility index (Phi) is 6.26. The lowest BCUT2D eigenvalue weighted by Gasteiger charge is -2.25. The summed E-state index contributed by atoms with van der Waals surface area (Å²) in [7, 11) is 1.04. The van der Waals surface area contributed by atoms with E-state index in [1.54, 1.807) is 13.1 Å². The van der Waals surface area contributed by atoms with Gasteiger partial charge in [-0.25, -0.2) is 12.7 Å². The summed E-state index contributed by atoms with van der Waals surface area (Å²) < 4.78 is 42.7. The summed E-state index contributed by atoms with van der Waals surface area (Å²) >= 11 is 0. The summed E-state index contributed by atoms with van der Waals surface area (Å²) in [5.74, 6) is 0.905. The molecule has 1 aliphatic rings. The second kappa shape index (κ2) is 7.99. The van der Waals surface area contributed by atoms with E-state index >= 15 is 0 Å². The highest BCUT2D eigenvalue weighted by molar-refractivity contribution is 7.89. The van der Waals surface area contributed by atoms with Gasteiger partial charge in [-0.1, -0.05) is 0 Å². The number of hydrogen-bond acceptors (Lipinski definition) is 5. The molecule has 1 aliphatic heterocycles. The van der Waals surface area contributed by atoms with Gasteiger partial charge in [0.2, 0.25) is 10.0 Å². The van der Waals surface area contributed by atoms with Gasteiger partial charge < -0.3 is 14.2 Å². The second-order valence-electron chi connectivity index (χ2n) is 5.62. The zero-order valence-electron chi connectivity index (χ0n) is 13.9. The predicted octanol–water partition coefficient (Wildman–Crippen LogP) is 2.28. The Balaban J connectivity index is 2.07. The van der Waals surface area contributed by atoms with Crippen molar-refractivity contribution in [1.29, 1.82) is 0 Å². The molecule has 1 unspecified atom stereocenters. The average molecular weight is 343 g/mol. The molecule has 0 N–H and O–H groups in total. The highest BCUT2D eigenvalue weighted by Crippen LogP contribution is 2.30. The molecule has 1 heterocycles. The average Bonchev–Trinajstić information content (AvgIpc) is 2.59. The van der Waals surface area contributed by atoms with Crippen LogP contribution in [0.2, 0.25) is 0 Å². The van der Waals surface area contributed by atoms with Crippen LogP contribution in [0.25, 0.3) is 0 Å². The molecule has 1 fully saturated rings. The van der Waals surface area contributed by atoms with Crippen LogP contribution in [0.15, 0.2) is 23.1 Å². The number of ether oxygens (including phenoxy) is 3. The van der Waals surface area contributed by atoms with E-state index in [2.05, 4.69) is 0 Å². The lowest BCUT2D eigenvalue weighted by Crippen LogP contribution is -2.31. The first-order valence-electron chi connectivity index (χ1n) is 7.79. The van der Waals surface area contributed by atoms with E-state index in [9.17, 15) is 8.42 Å². The van der Waals surface area contributed by atoms with Gasteiger partial charge in [0, 0.05) is 26.3 Å². The summed E-state index contributed by atoms with van der Waals surface area (Å²) in [6, 6.07) is 4.62. The fourth-order valence-corrected chi connectivity index (χ4v) is 3.84. The number of methoxy groups -OCH3 is 2. The summed E-state index contributed by atoms with van der Waals surface area (Å²) in [5.41, 5.74) is 0. The zero-order chi connectivity index (χ0) is 16.9. The van der Waals surface area contributed by atoms with Crippen LogP contribution in [-0.2, 0) is 14.8 Å². The van der Waals surface area contributed by atoms with Crippen LogP contribution in [0.3, 0.4) is 0 Å². The van der Waals surface area contributed by atoms with E-state index in [0.29, 0.717) is 24.5 Å². The minimum Gasteiger partial charge on any atom is -0.493 e. The molecule has 1 saturated heterocycles. The Morgan fingerprint density at radius 1 is 1.22 bits per heavy atom.